The van der Waals surface area contributed by atoms with Crippen LogP contribution in [0, 0.1) is 0 Å². The smallest absolute Gasteiger partial charge is 0.123 e. The molecule has 3 nitrogen and oxygen atoms in total. The molecule has 0 aliphatic carbocycles. The van der Waals surface area contributed by atoms with Crippen LogP contribution in [-0.2, 0) is 12.3 Å². The standard InChI is InChI=1S/C16H25ClN2O/c1-18-8-10-19(11-9-18)7-3-4-14-5-6-16(20-2)15(12-14)13-17/h5-6,12H,3-4,7-11,13H2,1-2H3. The van der Waals surface area contributed by atoms with Crippen LogP contribution in [-0.4, -0.2) is 56.7 Å². The van der Waals surface area contributed by atoms with Crippen LogP contribution >= 0.6 is 11.6 Å². The van der Waals surface area contributed by atoms with E-state index in [9.17, 15) is 0 Å². The molecule has 0 N–H and O–H groups in total. The lowest BCUT2D eigenvalue weighted by Crippen LogP contribution is -2.44. The van der Waals surface area contributed by atoms with Crippen molar-refractivity contribution >= 4 is 11.6 Å². The van der Waals surface area contributed by atoms with Crippen LogP contribution in [0.5, 0.6) is 5.75 Å². The number of nitrogens with zero attached hydrogens (tertiary/aromatic N) is 2. The summed E-state index contributed by atoms with van der Waals surface area (Å²) >= 11 is 5.96. The Bertz CT molecular complexity index is 417. The highest BCUT2D eigenvalue weighted by atomic mass is 35.5. The van der Waals surface area contributed by atoms with E-state index in [2.05, 4.69) is 29.0 Å². The first kappa shape index (κ1) is 15.6. The van der Waals surface area contributed by atoms with E-state index in [0.717, 1.165) is 17.7 Å². The third-order valence-corrected chi connectivity index (χ3v) is 4.31. The molecule has 1 aromatic carbocycles. The Kier molecular flexibility index (Phi) is 6.14. The molecule has 1 aliphatic rings. The minimum absolute atomic E-state index is 0.509. The molecule has 1 saturated heterocycles. The molecule has 0 aromatic heterocycles. The third kappa shape index (κ3) is 4.37. The van der Waals surface area contributed by atoms with Crippen LogP contribution < -0.4 is 4.74 Å². The van der Waals surface area contributed by atoms with Gasteiger partial charge in [-0.3, -0.25) is 0 Å². The molecule has 0 radical (unpaired) electrons. The number of methoxy groups -OCH3 is 1. The highest BCUT2D eigenvalue weighted by molar-refractivity contribution is 6.17. The fraction of sp³-hybridized carbons (Fsp3) is 0.625. The molecule has 4 heteroatoms. The van der Waals surface area contributed by atoms with Crippen LogP contribution in [0.4, 0.5) is 0 Å². The summed E-state index contributed by atoms with van der Waals surface area (Å²) in [7, 11) is 3.89. The summed E-state index contributed by atoms with van der Waals surface area (Å²) in [6.45, 7) is 5.98. The molecule has 1 heterocycles. The summed E-state index contributed by atoms with van der Waals surface area (Å²) in [4.78, 5) is 4.96. The minimum Gasteiger partial charge on any atom is -0.496 e. The SMILES string of the molecule is COc1ccc(CCCN2CCN(C)CC2)cc1CCl. The van der Waals surface area contributed by atoms with E-state index in [1.54, 1.807) is 7.11 Å². The first-order chi connectivity index (χ1) is 9.72. The molecule has 0 atom stereocenters. The summed E-state index contributed by atoms with van der Waals surface area (Å²) in [5.74, 6) is 1.40. The number of alkyl halides is 1. The molecule has 0 amide bonds. The quantitative estimate of drug-likeness (QED) is 0.751. The first-order valence-corrected chi connectivity index (χ1v) is 7.89. The van der Waals surface area contributed by atoms with Crippen LogP contribution in [0.3, 0.4) is 0 Å². The molecule has 20 heavy (non-hydrogen) atoms. The van der Waals surface area contributed by atoms with Crippen molar-refractivity contribution < 1.29 is 4.74 Å². The summed E-state index contributed by atoms with van der Waals surface area (Å²) in [5.41, 5.74) is 2.45. The van der Waals surface area contributed by atoms with Crippen molar-refractivity contribution in [1.29, 1.82) is 0 Å². The largest absolute Gasteiger partial charge is 0.496 e. The molecule has 0 unspecified atom stereocenters. The highest BCUT2D eigenvalue weighted by Crippen LogP contribution is 2.22. The molecular weight excluding hydrogens is 272 g/mol. The Hall–Kier alpha value is -0.770. The molecule has 112 valence electrons. The zero-order chi connectivity index (χ0) is 14.4. The Morgan fingerprint density at radius 3 is 2.60 bits per heavy atom. The van der Waals surface area contributed by atoms with E-state index in [1.165, 1.54) is 44.7 Å². The van der Waals surface area contributed by atoms with E-state index in [-0.39, 0.29) is 0 Å². The van der Waals surface area contributed by atoms with Crippen molar-refractivity contribution in [1.82, 2.24) is 9.80 Å². The van der Waals surface area contributed by atoms with Crippen molar-refractivity contribution in [3.8, 4) is 5.75 Å². The lowest BCUT2D eigenvalue weighted by atomic mass is 10.1. The summed E-state index contributed by atoms with van der Waals surface area (Å²) in [5, 5.41) is 0. The number of hydrogen-bond acceptors (Lipinski definition) is 3. The van der Waals surface area contributed by atoms with Crippen LogP contribution in [0.2, 0.25) is 0 Å². The minimum atomic E-state index is 0.509. The van der Waals surface area contributed by atoms with Crippen LogP contribution in [0.15, 0.2) is 18.2 Å². The Morgan fingerprint density at radius 2 is 1.95 bits per heavy atom. The zero-order valence-electron chi connectivity index (χ0n) is 12.6. The third-order valence-electron chi connectivity index (χ3n) is 4.02. The zero-order valence-corrected chi connectivity index (χ0v) is 13.3. The maximum Gasteiger partial charge on any atom is 0.123 e. The lowest BCUT2D eigenvalue weighted by Gasteiger charge is -2.32. The number of benzene rings is 1. The summed E-state index contributed by atoms with van der Waals surface area (Å²) in [6, 6.07) is 6.36. The van der Waals surface area contributed by atoms with Gasteiger partial charge in [0.05, 0.1) is 13.0 Å². The second-order valence-corrected chi connectivity index (χ2v) is 5.80. The Balaban J connectivity index is 1.79. The number of ether oxygens (including phenoxy) is 1. The van der Waals surface area contributed by atoms with E-state index >= 15 is 0 Å². The molecule has 0 bridgehead atoms. The molecule has 1 fully saturated rings. The van der Waals surface area contributed by atoms with Gasteiger partial charge >= 0.3 is 0 Å². The number of aryl methyl sites for hydroxylation is 1. The molecular formula is C16H25ClN2O. The van der Waals surface area contributed by atoms with Crippen molar-refractivity contribution in [3.05, 3.63) is 29.3 Å². The molecule has 0 spiro atoms. The Labute approximate surface area is 127 Å². The predicted molar refractivity (Wildman–Crippen MR) is 84.8 cm³/mol. The summed E-state index contributed by atoms with van der Waals surface area (Å²) < 4.78 is 5.30. The van der Waals surface area contributed by atoms with Gasteiger partial charge in [-0.05, 0) is 38.1 Å². The van der Waals surface area contributed by atoms with Crippen LogP contribution in [0.25, 0.3) is 0 Å². The Morgan fingerprint density at radius 1 is 1.20 bits per heavy atom. The van der Waals surface area contributed by atoms with E-state index in [1.807, 2.05) is 6.07 Å². The number of halogens is 1. The van der Waals surface area contributed by atoms with Gasteiger partial charge in [0.2, 0.25) is 0 Å². The van der Waals surface area contributed by atoms with E-state index in [4.69, 9.17) is 16.3 Å². The number of piperazine rings is 1. The van der Waals surface area contributed by atoms with E-state index < -0.39 is 0 Å². The fourth-order valence-corrected chi connectivity index (χ4v) is 2.88. The van der Waals surface area contributed by atoms with Crippen molar-refractivity contribution in [2.24, 2.45) is 0 Å². The van der Waals surface area contributed by atoms with Gasteiger partial charge in [0.15, 0.2) is 0 Å². The van der Waals surface area contributed by atoms with Crippen LogP contribution in [0.1, 0.15) is 17.5 Å². The monoisotopic (exact) mass is 296 g/mol. The molecule has 2 rings (SSSR count). The van der Waals surface area contributed by atoms with Gasteiger partial charge in [-0.2, -0.15) is 0 Å². The second-order valence-electron chi connectivity index (χ2n) is 5.53. The van der Waals surface area contributed by atoms with E-state index in [0.29, 0.717) is 5.88 Å². The average Bonchev–Trinajstić information content (AvgIpc) is 2.49. The van der Waals surface area contributed by atoms with Gasteiger partial charge in [0, 0.05) is 31.7 Å². The topological polar surface area (TPSA) is 15.7 Å². The van der Waals surface area contributed by atoms with Crippen molar-refractivity contribution in [2.75, 3.05) is 46.9 Å². The second kappa shape index (κ2) is 7.87. The highest BCUT2D eigenvalue weighted by Gasteiger charge is 2.13. The first-order valence-electron chi connectivity index (χ1n) is 7.35. The predicted octanol–water partition coefficient (Wildman–Crippen LogP) is 2.61. The molecule has 1 aromatic rings. The summed E-state index contributed by atoms with van der Waals surface area (Å²) in [6.07, 6.45) is 2.32. The van der Waals surface area contributed by atoms with Gasteiger partial charge in [-0.1, -0.05) is 12.1 Å². The maximum atomic E-state index is 5.96. The van der Waals surface area contributed by atoms with Crippen molar-refractivity contribution in [2.45, 2.75) is 18.7 Å². The van der Waals surface area contributed by atoms with Gasteiger partial charge in [-0.25, -0.2) is 0 Å². The van der Waals surface area contributed by atoms with Gasteiger partial charge < -0.3 is 14.5 Å². The van der Waals surface area contributed by atoms with Gasteiger partial charge in [0.1, 0.15) is 5.75 Å². The molecule has 1 aliphatic heterocycles. The van der Waals surface area contributed by atoms with Gasteiger partial charge in [-0.15, -0.1) is 11.6 Å². The average molecular weight is 297 g/mol. The van der Waals surface area contributed by atoms with Crippen molar-refractivity contribution in [3.63, 3.8) is 0 Å². The maximum absolute atomic E-state index is 5.96. The number of hydrogen-bond donors (Lipinski definition) is 0. The normalized spacial score (nSPS) is 17.4. The number of likely N-dealkylation sites (N-methyl/N-ethyl adjacent to an activating group) is 1. The fourth-order valence-electron chi connectivity index (χ4n) is 2.67. The van der Waals surface area contributed by atoms with Gasteiger partial charge in [0.25, 0.3) is 0 Å². The number of rotatable bonds is 6. The lowest BCUT2D eigenvalue weighted by molar-refractivity contribution is 0.153. The molecule has 0 saturated carbocycles.